The molecule has 1 aromatic carbocycles. The number of carbonyl (C=O) groups is 1. The Bertz CT molecular complexity index is 270. The Kier molecular flexibility index (Phi) is 3.77. The normalized spacial score (nSPS) is 12.2. The molecular weight excluding hydrogens is 188 g/mol. The van der Waals surface area contributed by atoms with Crippen molar-refractivity contribution in [1.82, 2.24) is 0 Å². The second kappa shape index (κ2) is 4.87. The molecule has 3 heteroatoms. The molecule has 2 nitrogen and oxygen atoms in total. The number of ether oxygens (including phenoxy) is 1. The second-order valence-electron chi connectivity index (χ2n) is 2.71. The van der Waals surface area contributed by atoms with Crippen molar-refractivity contribution in [2.75, 3.05) is 0 Å². The predicted octanol–water partition coefficient (Wildman–Crippen LogP) is 2.36. The summed E-state index contributed by atoms with van der Waals surface area (Å²) in [4.78, 5) is 11.0. The largest absolute Gasteiger partial charge is 0.460 e. The molecule has 0 aliphatic rings. The number of esters is 1. The first-order chi connectivity index (χ1) is 6.20. The van der Waals surface area contributed by atoms with E-state index in [9.17, 15) is 4.79 Å². The van der Waals surface area contributed by atoms with Crippen molar-refractivity contribution in [1.29, 1.82) is 0 Å². The van der Waals surface area contributed by atoms with Crippen LogP contribution in [-0.2, 0) is 16.1 Å². The Labute approximate surface area is 82.5 Å². The molecule has 0 amide bonds. The van der Waals surface area contributed by atoms with E-state index in [1.165, 1.54) is 0 Å². The fourth-order valence-electron chi connectivity index (χ4n) is 0.844. The molecule has 0 aromatic heterocycles. The number of carbonyl (C=O) groups excluding carboxylic acids is 1. The second-order valence-corrected chi connectivity index (χ2v) is 3.36. The SMILES string of the molecule is C[C@H](Cl)C(=O)OCc1ccccc1. The van der Waals surface area contributed by atoms with Crippen molar-refractivity contribution in [3.05, 3.63) is 35.9 Å². The molecule has 70 valence electrons. The van der Waals surface area contributed by atoms with Gasteiger partial charge in [0.25, 0.3) is 0 Å². The Balaban J connectivity index is 2.40. The molecule has 1 rings (SSSR count). The molecular formula is C10H11ClO2. The monoisotopic (exact) mass is 198 g/mol. The summed E-state index contributed by atoms with van der Waals surface area (Å²) in [7, 11) is 0. The van der Waals surface area contributed by atoms with Gasteiger partial charge in [-0.3, -0.25) is 4.79 Å². The van der Waals surface area contributed by atoms with E-state index in [0.717, 1.165) is 5.56 Å². The standard InChI is InChI=1S/C10H11ClO2/c1-8(11)10(12)13-7-9-5-3-2-4-6-9/h2-6,8H,7H2,1H3/t8-/m0/s1. The maximum atomic E-state index is 11.0. The van der Waals surface area contributed by atoms with E-state index < -0.39 is 5.38 Å². The molecule has 0 bridgehead atoms. The molecule has 0 fully saturated rings. The van der Waals surface area contributed by atoms with Crippen molar-refractivity contribution < 1.29 is 9.53 Å². The Hall–Kier alpha value is -1.02. The Morgan fingerprint density at radius 3 is 2.62 bits per heavy atom. The predicted molar refractivity (Wildman–Crippen MR) is 51.6 cm³/mol. The lowest BCUT2D eigenvalue weighted by molar-refractivity contribution is -0.144. The average molecular weight is 199 g/mol. The van der Waals surface area contributed by atoms with Crippen LogP contribution < -0.4 is 0 Å². The summed E-state index contributed by atoms with van der Waals surface area (Å²) < 4.78 is 4.92. The van der Waals surface area contributed by atoms with Gasteiger partial charge in [0, 0.05) is 0 Å². The van der Waals surface area contributed by atoms with E-state index in [0.29, 0.717) is 0 Å². The number of hydrogen-bond acceptors (Lipinski definition) is 2. The highest BCUT2D eigenvalue weighted by molar-refractivity contribution is 6.29. The van der Waals surface area contributed by atoms with Gasteiger partial charge in [-0.05, 0) is 12.5 Å². The van der Waals surface area contributed by atoms with Crippen molar-refractivity contribution in [3.8, 4) is 0 Å². The summed E-state index contributed by atoms with van der Waals surface area (Å²) in [6, 6.07) is 9.49. The maximum absolute atomic E-state index is 11.0. The van der Waals surface area contributed by atoms with Crippen LogP contribution in [0.15, 0.2) is 30.3 Å². The highest BCUT2D eigenvalue weighted by Gasteiger charge is 2.09. The summed E-state index contributed by atoms with van der Waals surface area (Å²) in [6.07, 6.45) is 0. The van der Waals surface area contributed by atoms with E-state index in [-0.39, 0.29) is 12.6 Å². The fourth-order valence-corrected chi connectivity index (χ4v) is 0.907. The molecule has 0 spiro atoms. The number of halogens is 1. The molecule has 1 atom stereocenters. The third kappa shape index (κ3) is 3.47. The van der Waals surface area contributed by atoms with Gasteiger partial charge in [0.15, 0.2) is 0 Å². The molecule has 0 N–H and O–H groups in total. The zero-order chi connectivity index (χ0) is 9.68. The van der Waals surface area contributed by atoms with E-state index in [1.54, 1.807) is 6.92 Å². The lowest BCUT2D eigenvalue weighted by atomic mass is 10.2. The van der Waals surface area contributed by atoms with Crippen LogP contribution in [0.4, 0.5) is 0 Å². The minimum Gasteiger partial charge on any atom is -0.460 e. The van der Waals surface area contributed by atoms with Crippen molar-refractivity contribution in [2.45, 2.75) is 18.9 Å². The van der Waals surface area contributed by atoms with Crippen molar-refractivity contribution in [2.24, 2.45) is 0 Å². The third-order valence-corrected chi connectivity index (χ3v) is 1.73. The van der Waals surface area contributed by atoms with Gasteiger partial charge in [-0.15, -0.1) is 11.6 Å². The molecule has 0 heterocycles. The molecule has 0 saturated carbocycles. The van der Waals surface area contributed by atoms with E-state index in [1.807, 2.05) is 30.3 Å². The molecule has 0 aliphatic heterocycles. The molecule has 0 saturated heterocycles. The lowest BCUT2D eigenvalue weighted by Gasteiger charge is -2.05. The topological polar surface area (TPSA) is 26.3 Å². The highest BCUT2D eigenvalue weighted by Crippen LogP contribution is 2.03. The van der Waals surface area contributed by atoms with Crippen LogP contribution in [0.3, 0.4) is 0 Å². The van der Waals surface area contributed by atoms with Crippen LogP contribution in [0.2, 0.25) is 0 Å². The van der Waals surface area contributed by atoms with Gasteiger partial charge >= 0.3 is 5.97 Å². The van der Waals surface area contributed by atoms with Crippen LogP contribution in [0.5, 0.6) is 0 Å². The quantitative estimate of drug-likeness (QED) is 0.551. The van der Waals surface area contributed by atoms with Crippen molar-refractivity contribution in [3.63, 3.8) is 0 Å². The van der Waals surface area contributed by atoms with E-state index in [2.05, 4.69) is 0 Å². The zero-order valence-corrected chi connectivity index (χ0v) is 8.12. The zero-order valence-electron chi connectivity index (χ0n) is 7.37. The first-order valence-corrected chi connectivity index (χ1v) is 4.48. The minimum atomic E-state index is -0.580. The Morgan fingerprint density at radius 1 is 1.46 bits per heavy atom. The van der Waals surface area contributed by atoms with Gasteiger partial charge in [-0.25, -0.2) is 0 Å². The molecule has 0 radical (unpaired) electrons. The molecule has 1 aromatic rings. The van der Waals surface area contributed by atoms with Gasteiger partial charge in [-0.1, -0.05) is 30.3 Å². The average Bonchev–Trinajstić information content (AvgIpc) is 2.15. The summed E-state index contributed by atoms with van der Waals surface area (Å²) in [5.74, 6) is -0.384. The Morgan fingerprint density at radius 2 is 2.08 bits per heavy atom. The van der Waals surface area contributed by atoms with Crippen LogP contribution in [0.25, 0.3) is 0 Å². The van der Waals surface area contributed by atoms with Gasteiger partial charge in [0.1, 0.15) is 12.0 Å². The first kappa shape index (κ1) is 10.1. The summed E-state index contributed by atoms with van der Waals surface area (Å²) in [5, 5.41) is -0.580. The molecule has 0 unspecified atom stereocenters. The fraction of sp³-hybridized carbons (Fsp3) is 0.300. The van der Waals surface area contributed by atoms with Crippen LogP contribution >= 0.6 is 11.6 Å². The van der Waals surface area contributed by atoms with Gasteiger partial charge in [-0.2, -0.15) is 0 Å². The van der Waals surface area contributed by atoms with Crippen molar-refractivity contribution >= 4 is 17.6 Å². The smallest absolute Gasteiger partial charge is 0.324 e. The summed E-state index contributed by atoms with van der Waals surface area (Å²) in [5.41, 5.74) is 0.966. The number of benzene rings is 1. The number of rotatable bonds is 3. The van der Waals surface area contributed by atoms with Crippen LogP contribution in [-0.4, -0.2) is 11.3 Å². The van der Waals surface area contributed by atoms with Crippen LogP contribution in [0, 0.1) is 0 Å². The molecule has 13 heavy (non-hydrogen) atoms. The molecule has 0 aliphatic carbocycles. The van der Waals surface area contributed by atoms with Gasteiger partial charge < -0.3 is 4.74 Å². The highest BCUT2D eigenvalue weighted by atomic mass is 35.5. The summed E-state index contributed by atoms with van der Waals surface area (Å²) in [6.45, 7) is 1.88. The van der Waals surface area contributed by atoms with Crippen LogP contribution in [0.1, 0.15) is 12.5 Å². The number of hydrogen-bond donors (Lipinski definition) is 0. The third-order valence-electron chi connectivity index (χ3n) is 1.55. The van der Waals surface area contributed by atoms with Gasteiger partial charge in [0.2, 0.25) is 0 Å². The maximum Gasteiger partial charge on any atom is 0.324 e. The lowest BCUT2D eigenvalue weighted by Crippen LogP contribution is -2.13. The minimum absolute atomic E-state index is 0.288. The summed E-state index contributed by atoms with van der Waals surface area (Å²) >= 11 is 5.52. The first-order valence-electron chi connectivity index (χ1n) is 4.05. The van der Waals surface area contributed by atoms with E-state index >= 15 is 0 Å². The van der Waals surface area contributed by atoms with Gasteiger partial charge in [0.05, 0.1) is 0 Å². The van der Waals surface area contributed by atoms with E-state index in [4.69, 9.17) is 16.3 Å². The number of alkyl halides is 1.